The summed E-state index contributed by atoms with van der Waals surface area (Å²) in [6.45, 7) is 8.35. The van der Waals surface area contributed by atoms with E-state index in [1.165, 1.54) is 54.1 Å². The molecule has 4 aliphatic carbocycles. The summed E-state index contributed by atoms with van der Waals surface area (Å²) in [5.41, 5.74) is 4.43. The third-order valence-corrected chi connectivity index (χ3v) is 7.08. The van der Waals surface area contributed by atoms with Crippen LogP contribution in [0.15, 0.2) is 22.7 Å². The van der Waals surface area contributed by atoms with Gasteiger partial charge in [0.1, 0.15) is 0 Å². The molecule has 4 saturated carbocycles. The van der Waals surface area contributed by atoms with E-state index >= 15 is 0 Å². The van der Waals surface area contributed by atoms with Crippen LogP contribution >= 0.6 is 15.9 Å². The molecule has 120 valence electrons. The zero-order valence-electron chi connectivity index (χ0n) is 14.1. The first-order valence-electron chi connectivity index (χ1n) is 8.79. The molecule has 0 saturated heterocycles. The van der Waals surface area contributed by atoms with Crippen molar-refractivity contribution in [3.63, 3.8) is 0 Å². The molecule has 4 aliphatic rings. The largest absolute Gasteiger partial charge is 0.307 e. The lowest BCUT2D eigenvalue weighted by molar-refractivity contribution is -0.118. The van der Waals surface area contributed by atoms with Crippen LogP contribution in [0.25, 0.3) is 0 Å². The molecular formula is C20H28BrN. The zero-order chi connectivity index (χ0) is 15.6. The first-order chi connectivity index (χ1) is 10.3. The first-order valence-corrected chi connectivity index (χ1v) is 9.58. The maximum absolute atomic E-state index is 4.04. The zero-order valence-corrected chi connectivity index (χ0v) is 15.7. The molecular weight excluding hydrogens is 334 g/mol. The third kappa shape index (κ3) is 2.57. The van der Waals surface area contributed by atoms with E-state index in [0.29, 0.717) is 16.4 Å². The summed E-state index contributed by atoms with van der Waals surface area (Å²) in [4.78, 5) is 0. The summed E-state index contributed by atoms with van der Waals surface area (Å²) in [5.74, 6) is 0.961. The van der Waals surface area contributed by atoms with Crippen molar-refractivity contribution < 1.29 is 0 Å². The van der Waals surface area contributed by atoms with Crippen LogP contribution in [0.5, 0.6) is 0 Å². The van der Waals surface area contributed by atoms with Gasteiger partial charge in [-0.3, -0.25) is 0 Å². The number of hydrogen-bond donors (Lipinski definition) is 1. The first kappa shape index (κ1) is 15.2. The maximum atomic E-state index is 4.04. The molecule has 0 spiro atoms. The Morgan fingerprint density at radius 1 is 1.09 bits per heavy atom. The molecule has 0 radical (unpaired) electrons. The van der Waals surface area contributed by atoms with Gasteiger partial charge in [-0.15, -0.1) is 0 Å². The van der Waals surface area contributed by atoms with E-state index < -0.39 is 0 Å². The summed E-state index contributed by atoms with van der Waals surface area (Å²) in [5, 5.41) is 4.04. The van der Waals surface area contributed by atoms with Gasteiger partial charge in [0.15, 0.2) is 0 Å². The van der Waals surface area contributed by atoms with E-state index in [1.807, 2.05) is 0 Å². The minimum Gasteiger partial charge on any atom is -0.307 e. The fourth-order valence-corrected chi connectivity index (χ4v) is 7.17. The van der Waals surface area contributed by atoms with Crippen molar-refractivity contribution in [1.82, 2.24) is 5.32 Å². The van der Waals surface area contributed by atoms with Crippen molar-refractivity contribution in [2.24, 2.45) is 16.7 Å². The molecule has 0 aromatic heterocycles. The van der Waals surface area contributed by atoms with Gasteiger partial charge in [0.2, 0.25) is 0 Å². The smallest absolute Gasteiger partial charge is 0.0213 e. The van der Waals surface area contributed by atoms with E-state index in [-0.39, 0.29) is 0 Å². The van der Waals surface area contributed by atoms with Crippen LogP contribution in [-0.4, -0.2) is 5.54 Å². The van der Waals surface area contributed by atoms with Gasteiger partial charge in [-0.05, 0) is 85.5 Å². The number of halogens is 1. The highest BCUT2D eigenvalue weighted by Gasteiger charge is 2.59. The Morgan fingerprint density at radius 2 is 1.77 bits per heavy atom. The van der Waals surface area contributed by atoms with Gasteiger partial charge in [0.05, 0.1) is 0 Å². The quantitative estimate of drug-likeness (QED) is 0.738. The lowest BCUT2D eigenvalue weighted by atomic mass is 9.43. The lowest BCUT2D eigenvalue weighted by Gasteiger charge is -2.65. The number of rotatable bonds is 3. The summed E-state index contributed by atoms with van der Waals surface area (Å²) in [6, 6.07) is 6.65. The van der Waals surface area contributed by atoms with E-state index in [4.69, 9.17) is 0 Å². The van der Waals surface area contributed by atoms with E-state index in [1.54, 1.807) is 0 Å². The topological polar surface area (TPSA) is 12.0 Å². The van der Waals surface area contributed by atoms with Crippen LogP contribution < -0.4 is 5.32 Å². The average Bonchev–Trinajstić information content (AvgIpc) is 2.36. The second kappa shape index (κ2) is 4.83. The highest BCUT2D eigenvalue weighted by Crippen LogP contribution is 2.66. The Morgan fingerprint density at radius 3 is 2.41 bits per heavy atom. The minimum atomic E-state index is 0.400. The second-order valence-electron chi connectivity index (χ2n) is 9.33. The standard InChI is InChI=1S/C20H28BrN/c1-14-4-5-17(21)6-16(14)10-22-20-9-15-7-18(2,12-20)11-19(3,8-15)13-20/h4-6,15,22H,7-13H2,1-3H3. The predicted octanol–water partition coefficient (Wildman–Crippen LogP) is 5.60. The molecule has 4 bridgehead atoms. The molecule has 1 aromatic carbocycles. The van der Waals surface area contributed by atoms with Gasteiger partial charge in [-0.25, -0.2) is 0 Å². The highest BCUT2D eigenvalue weighted by atomic mass is 79.9. The SMILES string of the molecule is Cc1ccc(Br)cc1CNC12CC3CC(C)(CC(C)(C3)C1)C2. The van der Waals surface area contributed by atoms with Gasteiger partial charge in [-0.2, -0.15) is 0 Å². The summed E-state index contributed by atoms with van der Waals surface area (Å²) in [7, 11) is 0. The number of aryl methyl sites for hydroxylation is 1. The summed E-state index contributed by atoms with van der Waals surface area (Å²) in [6.07, 6.45) is 8.59. The Labute approximate surface area is 143 Å². The van der Waals surface area contributed by atoms with Gasteiger partial charge >= 0.3 is 0 Å². The Kier molecular flexibility index (Phi) is 3.34. The number of hydrogen-bond acceptors (Lipinski definition) is 1. The fraction of sp³-hybridized carbons (Fsp3) is 0.700. The van der Waals surface area contributed by atoms with Crippen molar-refractivity contribution in [1.29, 1.82) is 0 Å². The van der Waals surface area contributed by atoms with E-state index in [9.17, 15) is 0 Å². The van der Waals surface area contributed by atoms with E-state index in [0.717, 1.165) is 12.5 Å². The van der Waals surface area contributed by atoms with Crippen LogP contribution in [0.1, 0.15) is 63.5 Å². The highest BCUT2D eigenvalue weighted by molar-refractivity contribution is 9.10. The Bertz CT molecular complexity index is 590. The average molecular weight is 362 g/mol. The summed E-state index contributed by atoms with van der Waals surface area (Å²) < 4.78 is 1.19. The molecule has 2 heteroatoms. The van der Waals surface area contributed by atoms with Crippen molar-refractivity contribution in [3.05, 3.63) is 33.8 Å². The van der Waals surface area contributed by atoms with Crippen LogP contribution in [0.4, 0.5) is 0 Å². The molecule has 0 amide bonds. The molecule has 2 atom stereocenters. The van der Waals surface area contributed by atoms with Crippen molar-refractivity contribution in [3.8, 4) is 0 Å². The van der Waals surface area contributed by atoms with Gasteiger partial charge in [0.25, 0.3) is 0 Å². The van der Waals surface area contributed by atoms with Gasteiger partial charge in [0, 0.05) is 16.6 Å². The van der Waals surface area contributed by atoms with Crippen molar-refractivity contribution >= 4 is 15.9 Å². The monoisotopic (exact) mass is 361 g/mol. The maximum Gasteiger partial charge on any atom is 0.0213 e. The van der Waals surface area contributed by atoms with Crippen LogP contribution in [0.3, 0.4) is 0 Å². The molecule has 0 heterocycles. The Balaban J connectivity index is 1.56. The van der Waals surface area contributed by atoms with Crippen molar-refractivity contribution in [2.75, 3.05) is 0 Å². The fourth-order valence-electron chi connectivity index (χ4n) is 6.76. The molecule has 1 nitrogen and oxygen atoms in total. The second-order valence-corrected chi connectivity index (χ2v) is 10.3. The van der Waals surface area contributed by atoms with Crippen LogP contribution in [0.2, 0.25) is 0 Å². The molecule has 5 rings (SSSR count). The van der Waals surface area contributed by atoms with Crippen molar-refractivity contribution in [2.45, 2.75) is 71.4 Å². The molecule has 22 heavy (non-hydrogen) atoms. The Hall–Kier alpha value is -0.340. The minimum absolute atomic E-state index is 0.400. The third-order valence-electron chi connectivity index (χ3n) is 6.59. The number of benzene rings is 1. The summed E-state index contributed by atoms with van der Waals surface area (Å²) >= 11 is 3.62. The lowest BCUT2D eigenvalue weighted by Crippen LogP contribution is -2.63. The van der Waals surface area contributed by atoms with Crippen LogP contribution in [0, 0.1) is 23.7 Å². The number of nitrogens with one attached hydrogen (secondary N) is 1. The molecule has 1 aromatic rings. The van der Waals surface area contributed by atoms with Crippen LogP contribution in [-0.2, 0) is 6.54 Å². The molecule has 2 unspecified atom stereocenters. The predicted molar refractivity (Wildman–Crippen MR) is 95.9 cm³/mol. The van der Waals surface area contributed by atoms with Gasteiger partial charge < -0.3 is 5.32 Å². The molecule has 4 fully saturated rings. The molecule has 1 N–H and O–H groups in total. The van der Waals surface area contributed by atoms with Gasteiger partial charge in [-0.1, -0.05) is 35.8 Å². The molecule has 0 aliphatic heterocycles. The normalized spacial score (nSPS) is 42.8. The van der Waals surface area contributed by atoms with E-state index in [2.05, 4.69) is 60.2 Å².